The molecule has 2 aromatic rings. The van der Waals surface area contributed by atoms with Gasteiger partial charge in [-0.2, -0.15) is 0 Å². The highest BCUT2D eigenvalue weighted by Gasteiger charge is 2.11. The van der Waals surface area contributed by atoms with Crippen LogP contribution >= 0.6 is 0 Å². The van der Waals surface area contributed by atoms with Gasteiger partial charge in [0.1, 0.15) is 5.75 Å². The van der Waals surface area contributed by atoms with Crippen LogP contribution in [0.2, 0.25) is 0 Å². The first-order valence-electron chi connectivity index (χ1n) is 7.86. The van der Waals surface area contributed by atoms with Gasteiger partial charge in [-0.15, -0.1) is 0 Å². The Balaban J connectivity index is 1.93. The highest BCUT2D eigenvalue weighted by atomic mass is 16.5. The lowest BCUT2D eigenvalue weighted by Crippen LogP contribution is -2.33. The summed E-state index contributed by atoms with van der Waals surface area (Å²) in [5, 5.41) is 5.37. The second-order valence-electron chi connectivity index (χ2n) is 5.76. The van der Waals surface area contributed by atoms with E-state index in [4.69, 9.17) is 4.74 Å². The summed E-state index contributed by atoms with van der Waals surface area (Å²) >= 11 is 0. The summed E-state index contributed by atoms with van der Waals surface area (Å²) in [6.07, 6.45) is 0.00377. The van der Waals surface area contributed by atoms with Gasteiger partial charge in [0.05, 0.1) is 18.3 Å². The van der Waals surface area contributed by atoms with E-state index in [1.54, 1.807) is 24.3 Å². The van der Waals surface area contributed by atoms with Crippen molar-refractivity contribution in [3.8, 4) is 5.75 Å². The number of aryl methyl sites for hydroxylation is 1. The number of anilines is 1. The molecule has 0 saturated carbocycles. The number of nitrogens with one attached hydrogen (secondary N) is 2. The summed E-state index contributed by atoms with van der Waals surface area (Å²) in [7, 11) is 0. The maximum atomic E-state index is 12.1. The number of amides is 2. The van der Waals surface area contributed by atoms with Crippen molar-refractivity contribution < 1.29 is 14.3 Å². The van der Waals surface area contributed by atoms with Crippen LogP contribution in [0.5, 0.6) is 5.75 Å². The number of para-hydroxylation sites is 2. The van der Waals surface area contributed by atoms with Crippen LogP contribution < -0.4 is 15.4 Å². The lowest BCUT2D eigenvalue weighted by atomic mass is 10.1. The summed E-state index contributed by atoms with van der Waals surface area (Å²) in [6.45, 7) is 5.64. The van der Waals surface area contributed by atoms with Gasteiger partial charge < -0.3 is 15.4 Å². The molecule has 0 radical (unpaired) electrons. The summed E-state index contributed by atoms with van der Waals surface area (Å²) in [5.74, 6) is 0.0160. The number of benzene rings is 2. The van der Waals surface area contributed by atoms with Gasteiger partial charge in [0.15, 0.2) is 0 Å². The molecule has 2 rings (SSSR count). The van der Waals surface area contributed by atoms with Crippen LogP contribution in [0.25, 0.3) is 0 Å². The Morgan fingerprint density at radius 3 is 2.54 bits per heavy atom. The molecule has 0 aliphatic heterocycles. The van der Waals surface area contributed by atoms with E-state index in [0.717, 1.165) is 5.56 Å². The Hall–Kier alpha value is -2.82. The molecular formula is C19H22N2O3. The first kappa shape index (κ1) is 17.5. The van der Waals surface area contributed by atoms with Gasteiger partial charge in [0.25, 0.3) is 5.91 Å². The third-order valence-corrected chi connectivity index (χ3v) is 3.21. The summed E-state index contributed by atoms with van der Waals surface area (Å²) in [5.41, 5.74) is 2.11. The lowest BCUT2D eigenvalue weighted by molar-refractivity contribution is -0.115. The number of ether oxygens (including phenoxy) is 1. The monoisotopic (exact) mass is 326 g/mol. The third kappa shape index (κ3) is 5.12. The van der Waals surface area contributed by atoms with Gasteiger partial charge in [-0.05, 0) is 45.0 Å². The average molecular weight is 326 g/mol. The number of carbonyl (C=O) groups is 2. The van der Waals surface area contributed by atoms with Crippen LogP contribution in [0.3, 0.4) is 0 Å². The molecule has 0 aromatic heterocycles. The van der Waals surface area contributed by atoms with E-state index >= 15 is 0 Å². The van der Waals surface area contributed by atoms with Crippen LogP contribution in [0.1, 0.15) is 29.8 Å². The van der Waals surface area contributed by atoms with Crippen molar-refractivity contribution >= 4 is 17.5 Å². The van der Waals surface area contributed by atoms with Gasteiger partial charge in [-0.3, -0.25) is 9.59 Å². The number of carbonyl (C=O) groups excluding carboxylic acids is 2. The Bertz CT molecular complexity index is 726. The fraction of sp³-hybridized carbons (Fsp3) is 0.263. The van der Waals surface area contributed by atoms with Gasteiger partial charge in [0, 0.05) is 5.56 Å². The molecule has 5 heteroatoms. The van der Waals surface area contributed by atoms with Gasteiger partial charge in [-0.1, -0.05) is 29.8 Å². The Morgan fingerprint density at radius 2 is 1.83 bits per heavy atom. The first-order chi connectivity index (χ1) is 11.5. The Kier molecular flexibility index (Phi) is 5.95. The van der Waals surface area contributed by atoms with E-state index in [-0.39, 0.29) is 24.5 Å². The Labute approximate surface area is 142 Å². The zero-order valence-electron chi connectivity index (χ0n) is 14.1. The Morgan fingerprint density at radius 1 is 1.08 bits per heavy atom. The van der Waals surface area contributed by atoms with E-state index in [2.05, 4.69) is 10.6 Å². The van der Waals surface area contributed by atoms with Gasteiger partial charge in [-0.25, -0.2) is 0 Å². The molecule has 0 spiro atoms. The topological polar surface area (TPSA) is 67.4 Å². The molecule has 0 atom stereocenters. The smallest absolute Gasteiger partial charge is 0.251 e. The standard InChI is InChI=1S/C19H22N2O3/c1-13(2)24-17-10-5-4-9-16(17)21-18(22)12-20-19(23)15-8-6-7-14(3)11-15/h4-11,13H,12H2,1-3H3,(H,20,23)(H,21,22). The minimum absolute atomic E-state index is 0.00377. The normalized spacial score (nSPS) is 10.3. The fourth-order valence-corrected chi connectivity index (χ4v) is 2.17. The van der Waals surface area contributed by atoms with Gasteiger partial charge in [0.2, 0.25) is 5.91 Å². The molecule has 0 aliphatic carbocycles. The van der Waals surface area contributed by atoms with Crippen molar-refractivity contribution in [2.45, 2.75) is 26.9 Å². The molecule has 2 aromatic carbocycles. The highest BCUT2D eigenvalue weighted by Crippen LogP contribution is 2.24. The second-order valence-corrected chi connectivity index (χ2v) is 5.76. The number of hydrogen-bond acceptors (Lipinski definition) is 3. The molecule has 2 N–H and O–H groups in total. The second kappa shape index (κ2) is 8.15. The van der Waals surface area contributed by atoms with Crippen molar-refractivity contribution in [1.29, 1.82) is 0 Å². The minimum atomic E-state index is -0.309. The SMILES string of the molecule is Cc1cccc(C(=O)NCC(=O)Nc2ccccc2OC(C)C)c1. The zero-order chi connectivity index (χ0) is 17.5. The first-order valence-corrected chi connectivity index (χ1v) is 7.86. The lowest BCUT2D eigenvalue weighted by Gasteiger charge is -2.15. The number of hydrogen-bond donors (Lipinski definition) is 2. The predicted octanol–water partition coefficient (Wildman–Crippen LogP) is 3.15. The summed E-state index contributed by atoms with van der Waals surface area (Å²) < 4.78 is 5.65. The maximum absolute atomic E-state index is 12.1. The van der Waals surface area contributed by atoms with Crippen molar-refractivity contribution in [3.05, 3.63) is 59.7 Å². The van der Waals surface area contributed by atoms with Gasteiger partial charge >= 0.3 is 0 Å². The molecule has 126 valence electrons. The van der Waals surface area contributed by atoms with E-state index in [9.17, 15) is 9.59 Å². The van der Waals surface area contributed by atoms with Crippen LogP contribution in [-0.2, 0) is 4.79 Å². The van der Waals surface area contributed by atoms with Crippen molar-refractivity contribution in [2.75, 3.05) is 11.9 Å². The van der Waals surface area contributed by atoms with Crippen LogP contribution in [0.15, 0.2) is 48.5 Å². The molecular weight excluding hydrogens is 304 g/mol. The average Bonchev–Trinajstić information content (AvgIpc) is 2.54. The third-order valence-electron chi connectivity index (χ3n) is 3.21. The highest BCUT2D eigenvalue weighted by molar-refractivity contribution is 5.99. The van der Waals surface area contributed by atoms with Crippen molar-refractivity contribution in [3.63, 3.8) is 0 Å². The number of rotatable bonds is 6. The minimum Gasteiger partial charge on any atom is -0.489 e. The maximum Gasteiger partial charge on any atom is 0.251 e. The molecule has 5 nitrogen and oxygen atoms in total. The molecule has 0 unspecified atom stereocenters. The van der Waals surface area contributed by atoms with Crippen LogP contribution in [0.4, 0.5) is 5.69 Å². The quantitative estimate of drug-likeness (QED) is 0.857. The zero-order valence-corrected chi connectivity index (χ0v) is 14.1. The molecule has 0 heterocycles. The molecule has 2 amide bonds. The van der Waals surface area contributed by atoms with Crippen LogP contribution in [-0.4, -0.2) is 24.5 Å². The van der Waals surface area contributed by atoms with E-state index in [1.807, 2.05) is 45.0 Å². The van der Waals surface area contributed by atoms with Crippen molar-refractivity contribution in [2.24, 2.45) is 0 Å². The molecule has 0 aliphatic rings. The fourth-order valence-electron chi connectivity index (χ4n) is 2.17. The molecule has 24 heavy (non-hydrogen) atoms. The predicted molar refractivity (Wildman–Crippen MR) is 94.3 cm³/mol. The summed E-state index contributed by atoms with van der Waals surface area (Å²) in [6, 6.07) is 14.4. The van der Waals surface area contributed by atoms with E-state index in [1.165, 1.54) is 0 Å². The van der Waals surface area contributed by atoms with Crippen LogP contribution in [0, 0.1) is 6.92 Å². The molecule has 0 saturated heterocycles. The van der Waals surface area contributed by atoms with E-state index in [0.29, 0.717) is 17.0 Å². The molecule has 0 bridgehead atoms. The summed E-state index contributed by atoms with van der Waals surface area (Å²) in [4.78, 5) is 24.1. The van der Waals surface area contributed by atoms with E-state index < -0.39 is 0 Å². The molecule has 0 fully saturated rings. The van der Waals surface area contributed by atoms with Crippen molar-refractivity contribution in [1.82, 2.24) is 5.32 Å². The largest absolute Gasteiger partial charge is 0.489 e.